The molecule has 1 aromatic rings. The molecule has 0 saturated heterocycles. The van der Waals surface area contributed by atoms with E-state index in [2.05, 4.69) is 31.3 Å². The Labute approximate surface area is 189 Å². The quantitative estimate of drug-likeness (QED) is 0.626. The van der Waals surface area contributed by atoms with Gasteiger partial charge in [0.05, 0.1) is 20.3 Å². The van der Waals surface area contributed by atoms with E-state index >= 15 is 0 Å². The normalized spacial score (nSPS) is 36.6. The largest absolute Gasteiger partial charge is 0.497 e. The lowest BCUT2D eigenvalue weighted by Gasteiger charge is -2.60. The highest BCUT2D eigenvalue weighted by molar-refractivity contribution is 5.39. The van der Waals surface area contributed by atoms with Gasteiger partial charge < -0.3 is 19.9 Å². The lowest BCUT2D eigenvalue weighted by molar-refractivity contribution is -0.133. The molecule has 0 amide bonds. The summed E-state index contributed by atoms with van der Waals surface area (Å²) in [7, 11) is 3.45. The van der Waals surface area contributed by atoms with Crippen molar-refractivity contribution in [2.75, 3.05) is 14.2 Å². The molecule has 0 aromatic heterocycles. The molecule has 3 unspecified atom stereocenters. The fourth-order valence-electron chi connectivity index (χ4n) is 7.34. The summed E-state index contributed by atoms with van der Waals surface area (Å²) < 4.78 is 11.2. The first-order chi connectivity index (χ1) is 14.9. The summed E-state index contributed by atoms with van der Waals surface area (Å²) in [6.07, 6.45) is 13.1. The smallest absolute Gasteiger partial charge is 0.122 e. The van der Waals surface area contributed by atoms with E-state index in [-0.39, 0.29) is 16.9 Å². The fourth-order valence-corrected chi connectivity index (χ4v) is 7.34. The molecule has 2 N–H and O–H groups in total. The highest BCUT2D eigenvalue weighted by Gasteiger charge is 2.57. The van der Waals surface area contributed by atoms with Gasteiger partial charge in [0, 0.05) is 18.2 Å². The number of methoxy groups -OCH3 is 2. The van der Waals surface area contributed by atoms with Crippen molar-refractivity contribution < 1.29 is 14.6 Å². The Kier molecular flexibility index (Phi) is 6.88. The van der Waals surface area contributed by atoms with Gasteiger partial charge >= 0.3 is 0 Å². The Morgan fingerprint density at radius 1 is 0.903 bits per heavy atom. The third kappa shape index (κ3) is 4.48. The molecule has 3 fully saturated rings. The summed E-state index contributed by atoms with van der Waals surface area (Å²) in [5, 5.41) is 15.2. The van der Waals surface area contributed by atoms with Gasteiger partial charge in [-0.2, -0.15) is 0 Å². The molecule has 4 nitrogen and oxygen atoms in total. The Balaban J connectivity index is 1.67. The number of benzene rings is 1. The molecule has 0 heterocycles. The van der Waals surface area contributed by atoms with Crippen molar-refractivity contribution in [3.63, 3.8) is 0 Å². The summed E-state index contributed by atoms with van der Waals surface area (Å²) in [5.74, 6) is 2.23. The van der Waals surface area contributed by atoms with Gasteiger partial charge in [0.25, 0.3) is 0 Å². The van der Waals surface area contributed by atoms with E-state index < -0.39 is 0 Å². The second kappa shape index (κ2) is 9.31. The predicted molar refractivity (Wildman–Crippen MR) is 126 cm³/mol. The number of aliphatic hydroxyl groups is 1. The van der Waals surface area contributed by atoms with Crippen molar-refractivity contribution in [1.82, 2.24) is 5.32 Å². The third-order valence-corrected chi connectivity index (χ3v) is 9.13. The summed E-state index contributed by atoms with van der Waals surface area (Å²) in [5.41, 5.74) is 1.38. The second-order valence-electron chi connectivity index (χ2n) is 11.0. The highest BCUT2D eigenvalue weighted by atomic mass is 16.5. The van der Waals surface area contributed by atoms with E-state index in [4.69, 9.17) is 9.47 Å². The SMILES string of the molecule is COc1cc(CC2(C)C(NC3CCCCC3)CC[C@@]3(C)C2CCC[C@@H]3O)cc(OC)c1. The molecule has 3 saturated carbocycles. The summed E-state index contributed by atoms with van der Waals surface area (Å²) in [6, 6.07) is 7.44. The maximum absolute atomic E-state index is 11.1. The molecule has 174 valence electrons. The Morgan fingerprint density at radius 3 is 2.23 bits per heavy atom. The molecule has 4 rings (SSSR count). The minimum absolute atomic E-state index is 0.0146. The Hall–Kier alpha value is -1.26. The average Bonchev–Trinajstić information content (AvgIpc) is 2.78. The lowest BCUT2D eigenvalue weighted by Crippen LogP contribution is -2.62. The number of aliphatic hydroxyl groups excluding tert-OH is 1. The van der Waals surface area contributed by atoms with E-state index in [0.29, 0.717) is 18.0 Å². The van der Waals surface area contributed by atoms with Crippen molar-refractivity contribution in [3.05, 3.63) is 23.8 Å². The first-order valence-corrected chi connectivity index (χ1v) is 12.5. The summed E-state index contributed by atoms with van der Waals surface area (Å²) >= 11 is 0. The average molecular weight is 430 g/mol. The van der Waals surface area contributed by atoms with Crippen LogP contribution in [0.15, 0.2) is 18.2 Å². The first-order valence-electron chi connectivity index (χ1n) is 12.5. The van der Waals surface area contributed by atoms with Gasteiger partial charge in [0.2, 0.25) is 0 Å². The third-order valence-electron chi connectivity index (χ3n) is 9.13. The standard InChI is InChI=1S/C27H43NO3/c1-26-14-13-24(28-20-9-6-5-7-10-20)27(2,23(26)11-8-12-25(26)29)18-19-15-21(30-3)17-22(16-19)31-4/h15-17,20,23-25,28-29H,5-14,18H2,1-4H3/t23?,24?,25-,26-,27?/m0/s1. The minimum atomic E-state index is -0.180. The molecule has 0 bridgehead atoms. The zero-order valence-electron chi connectivity index (χ0n) is 20.1. The van der Waals surface area contributed by atoms with Crippen molar-refractivity contribution in [1.29, 1.82) is 0 Å². The van der Waals surface area contributed by atoms with Gasteiger partial charge in [-0.1, -0.05) is 39.5 Å². The van der Waals surface area contributed by atoms with Crippen molar-refractivity contribution in [3.8, 4) is 11.5 Å². The lowest BCUT2D eigenvalue weighted by atomic mass is 9.47. The zero-order valence-corrected chi connectivity index (χ0v) is 20.1. The minimum Gasteiger partial charge on any atom is -0.497 e. The van der Waals surface area contributed by atoms with Crippen molar-refractivity contribution >= 4 is 0 Å². The van der Waals surface area contributed by atoms with Crippen LogP contribution >= 0.6 is 0 Å². The van der Waals surface area contributed by atoms with Crippen LogP contribution < -0.4 is 14.8 Å². The number of fused-ring (bicyclic) bond motifs is 1. The fraction of sp³-hybridized carbons (Fsp3) is 0.778. The second-order valence-corrected chi connectivity index (χ2v) is 11.0. The van der Waals surface area contributed by atoms with Crippen LogP contribution in [0.1, 0.15) is 83.6 Å². The summed E-state index contributed by atoms with van der Waals surface area (Å²) in [6.45, 7) is 4.86. The van der Waals surface area contributed by atoms with Crippen molar-refractivity contribution in [2.24, 2.45) is 16.7 Å². The van der Waals surface area contributed by atoms with E-state index in [0.717, 1.165) is 43.6 Å². The zero-order chi connectivity index (χ0) is 22.1. The molecule has 3 aliphatic rings. The van der Waals surface area contributed by atoms with Crippen LogP contribution in [0.4, 0.5) is 0 Å². The number of hydrogen-bond acceptors (Lipinski definition) is 4. The van der Waals surface area contributed by atoms with Gasteiger partial charge in [0.15, 0.2) is 0 Å². The van der Waals surface area contributed by atoms with Crippen LogP contribution in [0.5, 0.6) is 11.5 Å². The molecule has 3 aliphatic carbocycles. The van der Waals surface area contributed by atoms with Crippen LogP contribution in [0.3, 0.4) is 0 Å². The molecule has 0 radical (unpaired) electrons. The van der Waals surface area contributed by atoms with Gasteiger partial charge in [-0.15, -0.1) is 0 Å². The Bertz CT molecular complexity index is 724. The van der Waals surface area contributed by atoms with Gasteiger partial charge in [0.1, 0.15) is 11.5 Å². The van der Waals surface area contributed by atoms with Gasteiger partial charge in [-0.25, -0.2) is 0 Å². The predicted octanol–water partition coefficient (Wildman–Crippen LogP) is 5.50. The topological polar surface area (TPSA) is 50.7 Å². The molecule has 31 heavy (non-hydrogen) atoms. The molecule has 5 atom stereocenters. The van der Waals surface area contributed by atoms with E-state index in [1.807, 2.05) is 6.07 Å². The van der Waals surface area contributed by atoms with E-state index in [1.54, 1.807) is 14.2 Å². The Morgan fingerprint density at radius 2 is 1.58 bits per heavy atom. The molecule has 1 aromatic carbocycles. The van der Waals surface area contributed by atoms with E-state index in [1.165, 1.54) is 44.1 Å². The molecule has 0 spiro atoms. The van der Waals surface area contributed by atoms with Crippen LogP contribution in [0.25, 0.3) is 0 Å². The maximum atomic E-state index is 11.1. The monoisotopic (exact) mass is 429 g/mol. The maximum Gasteiger partial charge on any atom is 0.122 e. The number of ether oxygens (including phenoxy) is 2. The van der Waals surface area contributed by atoms with Crippen LogP contribution in [0.2, 0.25) is 0 Å². The number of hydrogen-bond donors (Lipinski definition) is 2. The highest BCUT2D eigenvalue weighted by Crippen LogP contribution is 2.59. The molecule has 0 aliphatic heterocycles. The van der Waals surface area contributed by atoms with Crippen LogP contribution in [-0.4, -0.2) is 37.5 Å². The summed E-state index contributed by atoms with van der Waals surface area (Å²) in [4.78, 5) is 0. The van der Waals surface area contributed by atoms with E-state index in [9.17, 15) is 5.11 Å². The molecular formula is C27H43NO3. The molecular weight excluding hydrogens is 386 g/mol. The number of rotatable bonds is 6. The van der Waals surface area contributed by atoms with Crippen molar-refractivity contribution in [2.45, 2.75) is 103 Å². The first kappa shape index (κ1) is 22.9. The van der Waals surface area contributed by atoms with Crippen LogP contribution in [-0.2, 0) is 6.42 Å². The van der Waals surface area contributed by atoms with Gasteiger partial charge in [-0.3, -0.25) is 0 Å². The van der Waals surface area contributed by atoms with Gasteiger partial charge in [-0.05, 0) is 79.4 Å². The van der Waals surface area contributed by atoms with Crippen LogP contribution in [0, 0.1) is 16.7 Å². The molecule has 4 heteroatoms. The number of nitrogens with one attached hydrogen (secondary N) is 1.